The molecule has 0 radical (unpaired) electrons. The number of nitrogens with one attached hydrogen (secondary N) is 1. The van der Waals surface area contributed by atoms with Crippen molar-refractivity contribution in [2.24, 2.45) is 5.41 Å². The summed E-state index contributed by atoms with van der Waals surface area (Å²) in [5.41, 5.74) is 0.128. The molecule has 1 aromatic rings. The van der Waals surface area contributed by atoms with Crippen LogP contribution in [0, 0.1) is 16.7 Å². The van der Waals surface area contributed by atoms with Gasteiger partial charge >= 0.3 is 0 Å². The van der Waals surface area contributed by atoms with Gasteiger partial charge in [-0.1, -0.05) is 26.0 Å². The van der Waals surface area contributed by atoms with Crippen LogP contribution in [-0.2, 0) is 0 Å². The second kappa shape index (κ2) is 6.62. The maximum absolute atomic E-state index is 8.64. The lowest BCUT2D eigenvalue weighted by atomic mass is 9.88. The SMILES string of the molecule is CC(C)(CCC#N)CNCC1COc2ccccc2O1. The first-order valence-electron chi connectivity index (χ1n) is 7.07. The molecule has 0 saturated carbocycles. The van der Waals surface area contributed by atoms with Crippen molar-refractivity contribution in [3.8, 4) is 17.6 Å². The first-order valence-corrected chi connectivity index (χ1v) is 7.07. The predicted molar refractivity (Wildman–Crippen MR) is 77.9 cm³/mol. The van der Waals surface area contributed by atoms with E-state index in [1.807, 2.05) is 24.3 Å². The van der Waals surface area contributed by atoms with E-state index in [1.165, 1.54) is 0 Å². The standard InChI is InChI=1S/C16H22N2O2/c1-16(2,8-5-9-17)12-18-10-13-11-19-14-6-3-4-7-15(14)20-13/h3-4,6-7,13,18H,5,8,10-12H2,1-2H3. The number of fused-ring (bicyclic) bond motifs is 1. The van der Waals surface area contributed by atoms with Crippen LogP contribution in [0.2, 0.25) is 0 Å². The summed E-state index contributed by atoms with van der Waals surface area (Å²) in [6.07, 6.45) is 1.54. The molecule has 0 bridgehead atoms. The molecule has 1 unspecified atom stereocenters. The number of ether oxygens (including phenoxy) is 2. The van der Waals surface area contributed by atoms with Crippen molar-refractivity contribution in [2.75, 3.05) is 19.7 Å². The van der Waals surface area contributed by atoms with Crippen molar-refractivity contribution in [1.82, 2.24) is 5.32 Å². The molecular weight excluding hydrogens is 252 g/mol. The highest BCUT2D eigenvalue weighted by Crippen LogP contribution is 2.30. The number of rotatable bonds is 6. The Hall–Kier alpha value is -1.73. The highest BCUT2D eigenvalue weighted by molar-refractivity contribution is 5.40. The number of hydrogen-bond donors (Lipinski definition) is 1. The fourth-order valence-electron chi connectivity index (χ4n) is 2.22. The maximum atomic E-state index is 8.64. The molecule has 0 fully saturated rings. The van der Waals surface area contributed by atoms with Gasteiger partial charge in [0.05, 0.1) is 6.07 Å². The van der Waals surface area contributed by atoms with Crippen molar-refractivity contribution in [3.05, 3.63) is 24.3 Å². The molecule has 108 valence electrons. The van der Waals surface area contributed by atoms with E-state index in [1.54, 1.807) is 0 Å². The van der Waals surface area contributed by atoms with Crippen LogP contribution in [-0.4, -0.2) is 25.8 Å². The van der Waals surface area contributed by atoms with Crippen molar-refractivity contribution in [1.29, 1.82) is 5.26 Å². The Bertz CT molecular complexity index is 480. The highest BCUT2D eigenvalue weighted by Gasteiger charge is 2.22. The minimum atomic E-state index is 0.0386. The van der Waals surface area contributed by atoms with E-state index in [2.05, 4.69) is 25.2 Å². The zero-order chi connectivity index (χ0) is 14.4. The smallest absolute Gasteiger partial charge is 0.161 e. The third-order valence-corrected chi connectivity index (χ3v) is 3.46. The van der Waals surface area contributed by atoms with Gasteiger partial charge in [0.1, 0.15) is 12.7 Å². The summed E-state index contributed by atoms with van der Waals surface area (Å²) in [6, 6.07) is 9.94. The van der Waals surface area contributed by atoms with Crippen LogP contribution >= 0.6 is 0 Å². The molecule has 1 aromatic carbocycles. The van der Waals surface area contributed by atoms with Crippen LogP contribution < -0.4 is 14.8 Å². The molecule has 0 amide bonds. The van der Waals surface area contributed by atoms with Crippen molar-refractivity contribution in [3.63, 3.8) is 0 Å². The Kier molecular flexibility index (Phi) is 4.86. The first kappa shape index (κ1) is 14.7. The average molecular weight is 274 g/mol. The van der Waals surface area contributed by atoms with E-state index in [0.717, 1.165) is 31.0 Å². The Balaban J connectivity index is 1.75. The third-order valence-electron chi connectivity index (χ3n) is 3.46. The highest BCUT2D eigenvalue weighted by atomic mass is 16.6. The largest absolute Gasteiger partial charge is 0.486 e. The molecule has 0 saturated heterocycles. The fraction of sp³-hybridized carbons (Fsp3) is 0.562. The van der Waals surface area contributed by atoms with E-state index < -0.39 is 0 Å². The molecule has 4 nitrogen and oxygen atoms in total. The van der Waals surface area contributed by atoms with Gasteiger partial charge in [-0.05, 0) is 24.0 Å². The Morgan fingerprint density at radius 2 is 2.10 bits per heavy atom. The molecule has 1 aliphatic heterocycles. The van der Waals surface area contributed by atoms with E-state index in [0.29, 0.717) is 13.0 Å². The van der Waals surface area contributed by atoms with E-state index in [-0.39, 0.29) is 11.5 Å². The Morgan fingerprint density at radius 3 is 2.85 bits per heavy atom. The minimum absolute atomic E-state index is 0.0386. The summed E-state index contributed by atoms with van der Waals surface area (Å²) >= 11 is 0. The van der Waals surface area contributed by atoms with Gasteiger partial charge in [-0.2, -0.15) is 5.26 Å². The molecule has 1 heterocycles. The predicted octanol–water partition coefficient (Wildman–Crippen LogP) is 2.75. The normalized spacial score (nSPS) is 17.6. The summed E-state index contributed by atoms with van der Waals surface area (Å²) in [6.45, 7) is 6.54. The van der Waals surface area contributed by atoms with Crippen LogP contribution in [0.1, 0.15) is 26.7 Å². The zero-order valence-corrected chi connectivity index (χ0v) is 12.2. The van der Waals surface area contributed by atoms with Crippen LogP contribution in [0.5, 0.6) is 11.5 Å². The summed E-state index contributed by atoms with van der Waals surface area (Å²) in [5, 5.41) is 12.1. The van der Waals surface area contributed by atoms with Gasteiger partial charge in [0.2, 0.25) is 0 Å². The Morgan fingerprint density at radius 1 is 1.35 bits per heavy atom. The molecule has 0 aromatic heterocycles. The van der Waals surface area contributed by atoms with Gasteiger partial charge < -0.3 is 14.8 Å². The molecule has 0 aliphatic carbocycles. The number of para-hydroxylation sites is 2. The average Bonchev–Trinajstić information content (AvgIpc) is 2.45. The Labute approximate surface area is 120 Å². The van der Waals surface area contributed by atoms with Crippen LogP contribution in [0.15, 0.2) is 24.3 Å². The summed E-state index contributed by atoms with van der Waals surface area (Å²) < 4.78 is 11.6. The van der Waals surface area contributed by atoms with E-state index in [9.17, 15) is 0 Å². The second-order valence-electron chi connectivity index (χ2n) is 5.95. The molecule has 4 heteroatoms. The minimum Gasteiger partial charge on any atom is -0.486 e. The van der Waals surface area contributed by atoms with Crippen molar-refractivity contribution < 1.29 is 9.47 Å². The van der Waals surface area contributed by atoms with Gasteiger partial charge in [-0.3, -0.25) is 0 Å². The molecule has 1 atom stereocenters. The maximum Gasteiger partial charge on any atom is 0.161 e. The number of nitrogens with zero attached hydrogens (tertiary/aromatic N) is 1. The number of nitriles is 1. The fourth-order valence-corrected chi connectivity index (χ4v) is 2.22. The van der Waals surface area contributed by atoms with Gasteiger partial charge in [0.25, 0.3) is 0 Å². The lowest BCUT2D eigenvalue weighted by Crippen LogP contribution is -2.41. The summed E-state index contributed by atoms with van der Waals surface area (Å²) in [5.74, 6) is 1.63. The number of benzene rings is 1. The molecule has 0 spiro atoms. The van der Waals surface area contributed by atoms with Crippen LogP contribution in [0.25, 0.3) is 0 Å². The lowest BCUT2D eigenvalue weighted by molar-refractivity contribution is 0.0881. The van der Waals surface area contributed by atoms with Gasteiger partial charge in [0.15, 0.2) is 11.5 Å². The molecule has 2 rings (SSSR count). The second-order valence-corrected chi connectivity index (χ2v) is 5.95. The molecule has 1 N–H and O–H groups in total. The van der Waals surface area contributed by atoms with Gasteiger partial charge in [-0.15, -0.1) is 0 Å². The molecular formula is C16H22N2O2. The first-order chi connectivity index (χ1) is 9.61. The van der Waals surface area contributed by atoms with Gasteiger partial charge in [-0.25, -0.2) is 0 Å². The number of hydrogen-bond acceptors (Lipinski definition) is 4. The quantitative estimate of drug-likeness (QED) is 0.866. The van der Waals surface area contributed by atoms with Gasteiger partial charge in [0, 0.05) is 19.5 Å². The monoisotopic (exact) mass is 274 g/mol. The van der Waals surface area contributed by atoms with E-state index >= 15 is 0 Å². The van der Waals surface area contributed by atoms with E-state index in [4.69, 9.17) is 14.7 Å². The molecule has 1 aliphatic rings. The third kappa shape index (κ3) is 4.14. The van der Waals surface area contributed by atoms with Crippen molar-refractivity contribution in [2.45, 2.75) is 32.8 Å². The molecule has 20 heavy (non-hydrogen) atoms. The lowest BCUT2D eigenvalue weighted by Gasteiger charge is -2.29. The van der Waals surface area contributed by atoms with Crippen LogP contribution in [0.4, 0.5) is 0 Å². The summed E-state index contributed by atoms with van der Waals surface area (Å²) in [4.78, 5) is 0. The summed E-state index contributed by atoms with van der Waals surface area (Å²) in [7, 11) is 0. The topological polar surface area (TPSA) is 54.3 Å². The van der Waals surface area contributed by atoms with Crippen LogP contribution in [0.3, 0.4) is 0 Å². The van der Waals surface area contributed by atoms with Crippen molar-refractivity contribution >= 4 is 0 Å². The zero-order valence-electron chi connectivity index (χ0n) is 12.2.